The zero-order chi connectivity index (χ0) is 7.56. The fourth-order valence-electron chi connectivity index (χ4n) is 0.713. The van der Waals surface area contributed by atoms with E-state index in [4.69, 9.17) is 0 Å². The lowest BCUT2D eigenvalue weighted by atomic mass is 10.4. The van der Waals surface area contributed by atoms with Crippen LogP contribution >= 0.6 is 0 Å². The molecule has 0 saturated carbocycles. The fraction of sp³-hybridized carbons (Fsp3) is 0.167. The normalized spacial score (nSPS) is 9.40. The predicted molar refractivity (Wildman–Crippen MR) is 31.9 cm³/mol. The molecule has 0 N–H and O–H groups in total. The molecule has 0 unspecified atom stereocenters. The Balaban J connectivity index is 2.93. The molecule has 0 amide bonds. The van der Waals surface area contributed by atoms with Crippen molar-refractivity contribution in [1.82, 2.24) is 4.57 Å². The van der Waals surface area contributed by atoms with Gasteiger partial charge in [-0.1, -0.05) is 0 Å². The van der Waals surface area contributed by atoms with Crippen LogP contribution in [0, 0.1) is 0 Å². The Morgan fingerprint density at radius 1 is 1.80 bits per heavy atom. The van der Waals surface area contributed by atoms with Crippen molar-refractivity contribution in [1.29, 1.82) is 0 Å². The molecule has 54 valence electrons. The largest absolute Gasteiger partial charge is 0.395 e. The number of carbonyl (C=O) groups excluding carboxylic acids is 1. The number of halogens is 1. The Kier molecular flexibility index (Phi) is 1.71. The first kappa shape index (κ1) is 6.80. The Morgan fingerprint density at radius 3 is 2.90 bits per heavy atom. The molecular weight excluding hydrogens is 137 g/mol. The molecular formula is C6H6FNO2. The number of rotatable bonds is 1. The first-order valence-electron chi connectivity index (χ1n) is 2.70. The van der Waals surface area contributed by atoms with Gasteiger partial charge in [-0.25, -0.2) is 9.74 Å². The molecule has 1 aromatic heterocycles. The Hall–Kier alpha value is -1.32. The van der Waals surface area contributed by atoms with E-state index in [0.29, 0.717) is 0 Å². The van der Waals surface area contributed by atoms with Crippen molar-refractivity contribution in [2.75, 3.05) is 0 Å². The van der Waals surface area contributed by atoms with Crippen LogP contribution in [-0.4, -0.2) is 10.5 Å². The van der Waals surface area contributed by atoms with Crippen molar-refractivity contribution in [2.24, 2.45) is 7.05 Å². The van der Waals surface area contributed by atoms with Crippen molar-refractivity contribution >= 4 is 5.97 Å². The van der Waals surface area contributed by atoms with Gasteiger partial charge in [-0.05, 0) is 12.1 Å². The quantitative estimate of drug-likeness (QED) is 0.588. The van der Waals surface area contributed by atoms with Gasteiger partial charge >= 0.3 is 5.97 Å². The van der Waals surface area contributed by atoms with Gasteiger partial charge in [0, 0.05) is 17.8 Å². The van der Waals surface area contributed by atoms with Crippen LogP contribution in [0.25, 0.3) is 0 Å². The third-order valence-electron chi connectivity index (χ3n) is 1.22. The number of hydrogen-bond donors (Lipinski definition) is 0. The summed E-state index contributed by atoms with van der Waals surface area (Å²) < 4.78 is 12.7. The number of carbonyl (C=O) groups is 1. The maximum atomic E-state index is 11.3. The Morgan fingerprint density at radius 2 is 2.50 bits per heavy atom. The summed E-state index contributed by atoms with van der Waals surface area (Å²) in [5.74, 6) is -0.965. The number of aryl methyl sites for hydroxylation is 1. The van der Waals surface area contributed by atoms with Crippen LogP contribution in [-0.2, 0) is 12.0 Å². The van der Waals surface area contributed by atoms with E-state index in [-0.39, 0.29) is 5.69 Å². The molecule has 4 heteroatoms. The van der Waals surface area contributed by atoms with Crippen LogP contribution in [0.2, 0.25) is 0 Å². The minimum Gasteiger partial charge on any atom is -0.345 e. The van der Waals surface area contributed by atoms with Gasteiger partial charge < -0.3 is 4.57 Å². The summed E-state index contributed by atoms with van der Waals surface area (Å²) in [6.45, 7) is 0. The zero-order valence-electron chi connectivity index (χ0n) is 5.37. The summed E-state index contributed by atoms with van der Waals surface area (Å²) in [5.41, 5.74) is 0.197. The minimum atomic E-state index is -0.965. The summed E-state index contributed by atoms with van der Waals surface area (Å²) in [6.07, 6.45) is 1.63. The van der Waals surface area contributed by atoms with Gasteiger partial charge in [-0.15, -0.1) is 0 Å². The monoisotopic (exact) mass is 143 g/mol. The Labute approximate surface area is 56.9 Å². The molecule has 0 atom stereocenters. The summed E-state index contributed by atoms with van der Waals surface area (Å²) in [5, 5.41) is 0. The van der Waals surface area contributed by atoms with E-state index in [0.717, 1.165) is 0 Å². The van der Waals surface area contributed by atoms with E-state index in [1.807, 2.05) is 0 Å². The van der Waals surface area contributed by atoms with Gasteiger partial charge in [-0.2, -0.15) is 0 Å². The van der Waals surface area contributed by atoms with Crippen molar-refractivity contribution in [3.8, 4) is 0 Å². The van der Waals surface area contributed by atoms with Gasteiger partial charge in [0.15, 0.2) is 0 Å². The van der Waals surface area contributed by atoms with E-state index in [2.05, 4.69) is 4.94 Å². The first-order chi connectivity index (χ1) is 4.75. The van der Waals surface area contributed by atoms with E-state index in [9.17, 15) is 9.32 Å². The van der Waals surface area contributed by atoms with E-state index in [1.165, 1.54) is 10.6 Å². The third-order valence-corrected chi connectivity index (χ3v) is 1.22. The topological polar surface area (TPSA) is 31.2 Å². The SMILES string of the molecule is Cn1cccc1C(=O)OF. The predicted octanol–water partition coefficient (Wildman–Crippen LogP) is 1.07. The molecule has 0 fully saturated rings. The summed E-state index contributed by atoms with van der Waals surface area (Å²) in [7, 11) is 1.63. The average Bonchev–Trinajstić information content (AvgIpc) is 2.34. The molecule has 0 spiro atoms. The molecule has 1 rings (SSSR count). The van der Waals surface area contributed by atoms with Crippen LogP contribution in [0.1, 0.15) is 10.5 Å². The van der Waals surface area contributed by atoms with E-state index < -0.39 is 5.97 Å². The van der Waals surface area contributed by atoms with Gasteiger partial charge in [0.2, 0.25) is 0 Å². The minimum absolute atomic E-state index is 0.197. The molecule has 0 bridgehead atoms. The molecule has 1 aromatic rings. The van der Waals surface area contributed by atoms with Gasteiger partial charge in [0.1, 0.15) is 5.69 Å². The molecule has 0 aliphatic carbocycles. The molecule has 3 nitrogen and oxygen atoms in total. The van der Waals surface area contributed by atoms with Crippen LogP contribution < -0.4 is 0 Å². The van der Waals surface area contributed by atoms with E-state index >= 15 is 0 Å². The zero-order valence-corrected chi connectivity index (χ0v) is 5.37. The van der Waals surface area contributed by atoms with Crippen molar-refractivity contribution in [3.63, 3.8) is 0 Å². The van der Waals surface area contributed by atoms with Gasteiger partial charge in [0.25, 0.3) is 0 Å². The second-order valence-electron chi connectivity index (χ2n) is 1.87. The number of aromatic nitrogens is 1. The number of hydrogen-bond acceptors (Lipinski definition) is 2. The van der Waals surface area contributed by atoms with Crippen molar-refractivity contribution in [3.05, 3.63) is 24.0 Å². The third kappa shape index (κ3) is 1.00. The first-order valence-corrected chi connectivity index (χ1v) is 2.70. The molecule has 0 aliphatic heterocycles. The highest BCUT2D eigenvalue weighted by atomic mass is 19.3. The summed E-state index contributed by atoms with van der Waals surface area (Å²) in [6, 6.07) is 3.11. The second kappa shape index (κ2) is 2.51. The summed E-state index contributed by atoms with van der Waals surface area (Å²) in [4.78, 5) is 13.5. The lowest BCUT2D eigenvalue weighted by Crippen LogP contribution is -2.04. The highest BCUT2D eigenvalue weighted by molar-refractivity contribution is 5.87. The lowest BCUT2D eigenvalue weighted by molar-refractivity contribution is -0.0796. The smallest absolute Gasteiger partial charge is 0.345 e. The molecule has 1 heterocycles. The molecule has 10 heavy (non-hydrogen) atoms. The highest BCUT2D eigenvalue weighted by Gasteiger charge is 2.09. The molecule has 0 radical (unpaired) electrons. The molecule has 0 aliphatic rings. The fourth-order valence-corrected chi connectivity index (χ4v) is 0.713. The maximum Gasteiger partial charge on any atom is 0.395 e. The van der Waals surface area contributed by atoms with Crippen molar-refractivity contribution < 1.29 is 14.3 Å². The van der Waals surface area contributed by atoms with Gasteiger partial charge in [0.05, 0.1) is 0 Å². The standard InChI is InChI=1S/C6H6FNO2/c1-8-4-2-3-5(8)6(9)10-7/h2-4H,1H3. The van der Waals surface area contributed by atoms with Crippen LogP contribution in [0.3, 0.4) is 0 Å². The Bertz CT molecular complexity index is 244. The van der Waals surface area contributed by atoms with Crippen LogP contribution in [0.4, 0.5) is 4.53 Å². The van der Waals surface area contributed by atoms with Crippen LogP contribution in [0.5, 0.6) is 0 Å². The second-order valence-corrected chi connectivity index (χ2v) is 1.87. The highest BCUT2D eigenvalue weighted by Crippen LogP contribution is 2.01. The van der Waals surface area contributed by atoms with Crippen molar-refractivity contribution in [2.45, 2.75) is 0 Å². The number of nitrogens with zero attached hydrogens (tertiary/aromatic N) is 1. The van der Waals surface area contributed by atoms with E-state index in [1.54, 1.807) is 19.3 Å². The molecule has 0 saturated heterocycles. The lowest BCUT2D eigenvalue weighted by Gasteiger charge is -1.94. The average molecular weight is 143 g/mol. The molecule has 0 aromatic carbocycles. The maximum absolute atomic E-state index is 11.3. The van der Waals surface area contributed by atoms with Crippen LogP contribution in [0.15, 0.2) is 18.3 Å². The van der Waals surface area contributed by atoms with Gasteiger partial charge in [-0.3, -0.25) is 0 Å². The summed E-state index contributed by atoms with van der Waals surface area (Å²) >= 11 is 0.